The standard InChI is InChI=1S/C8H7F4NO/c9-5-2-1-4(3-14)6(7(5)13)8(10,11)12/h1-2,14H,3,13H2. The molecular weight excluding hydrogens is 202 g/mol. The van der Waals surface area contributed by atoms with Gasteiger partial charge in [0.05, 0.1) is 17.9 Å². The van der Waals surface area contributed by atoms with Crippen LogP contribution in [0, 0.1) is 5.82 Å². The van der Waals surface area contributed by atoms with E-state index in [1.165, 1.54) is 0 Å². The molecule has 0 amide bonds. The van der Waals surface area contributed by atoms with Crippen LogP contribution in [0.25, 0.3) is 0 Å². The minimum Gasteiger partial charge on any atom is -0.396 e. The van der Waals surface area contributed by atoms with Crippen LogP contribution in [0.2, 0.25) is 0 Å². The Bertz CT molecular complexity index is 348. The van der Waals surface area contributed by atoms with E-state index in [4.69, 9.17) is 10.8 Å². The van der Waals surface area contributed by atoms with Gasteiger partial charge in [0.2, 0.25) is 0 Å². The molecule has 0 saturated heterocycles. The maximum Gasteiger partial charge on any atom is 0.418 e. The van der Waals surface area contributed by atoms with E-state index in [1.807, 2.05) is 0 Å². The largest absolute Gasteiger partial charge is 0.418 e. The quantitative estimate of drug-likeness (QED) is 0.548. The topological polar surface area (TPSA) is 46.2 Å². The summed E-state index contributed by atoms with van der Waals surface area (Å²) in [6, 6.07) is 1.64. The fraction of sp³-hybridized carbons (Fsp3) is 0.250. The Balaban J connectivity index is 3.44. The molecule has 3 N–H and O–H groups in total. The van der Waals surface area contributed by atoms with Crippen molar-refractivity contribution in [1.82, 2.24) is 0 Å². The molecule has 0 aliphatic carbocycles. The van der Waals surface area contributed by atoms with Crippen LogP contribution >= 0.6 is 0 Å². The van der Waals surface area contributed by atoms with Crippen LogP contribution in [0.1, 0.15) is 11.1 Å². The molecule has 1 aromatic rings. The average Bonchev–Trinajstić information content (AvgIpc) is 2.07. The highest BCUT2D eigenvalue weighted by Gasteiger charge is 2.36. The molecule has 0 spiro atoms. The minimum absolute atomic E-state index is 0.434. The molecule has 2 nitrogen and oxygen atoms in total. The van der Waals surface area contributed by atoms with Gasteiger partial charge < -0.3 is 10.8 Å². The highest BCUT2D eigenvalue weighted by atomic mass is 19.4. The summed E-state index contributed by atoms with van der Waals surface area (Å²) in [5.41, 5.74) is 2.22. The molecule has 0 unspecified atom stereocenters. The van der Waals surface area contributed by atoms with Crippen molar-refractivity contribution in [2.75, 3.05) is 5.73 Å². The van der Waals surface area contributed by atoms with Gasteiger partial charge in [0, 0.05) is 0 Å². The molecule has 0 aromatic heterocycles. The summed E-state index contributed by atoms with van der Waals surface area (Å²) < 4.78 is 49.7. The van der Waals surface area contributed by atoms with Gasteiger partial charge in [0.1, 0.15) is 5.82 Å². The second-order valence-electron chi connectivity index (χ2n) is 2.65. The zero-order chi connectivity index (χ0) is 10.9. The first-order valence-electron chi connectivity index (χ1n) is 3.63. The molecule has 6 heteroatoms. The third-order valence-corrected chi connectivity index (χ3v) is 1.73. The highest BCUT2D eigenvalue weighted by molar-refractivity contribution is 5.53. The number of aliphatic hydroxyl groups excluding tert-OH is 1. The maximum atomic E-state index is 12.7. The minimum atomic E-state index is -4.76. The second-order valence-corrected chi connectivity index (χ2v) is 2.65. The van der Waals surface area contributed by atoms with Crippen LogP contribution in [0.4, 0.5) is 23.2 Å². The van der Waals surface area contributed by atoms with E-state index in [9.17, 15) is 17.6 Å². The molecule has 14 heavy (non-hydrogen) atoms. The Hall–Kier alpha value is -1.30. The Morgan fingerprint density at radius 2 is 1.86 bits per heavy atom. The summed E-state index contributed by atoms with van der Waals surface area (Å²) in [5, 5.41) is 8.62. The van der Waals surface area contributed by atoms with Crippen LogP contribution in [-0.4, -0.2) is 5.11 Å². The molecule has 0 aliphatic heterocycles. The van der Waals surface area contributed by atoms with Gasteiger partial charge in [0.15, 0.2) is 0 Å². The van der Waals surface area contributed by atoms with Gasteiger partial charge >= 0.3 is 6.18 Å². The lowest BCUT2D eigenvalue weighted by Gasteiger charge is -2.14. The molecule has 0 heterocycles. The van der Waals surface area contributed by atoms with Crippen molar-refractivity contribution in [2.24, 2.45) is 0 Å². The summed E-state index contributed by atoms with van der Waals surface area (Å²) in [5.74, 6) is -1.14. The van der Waals surface area contributed by atoms with Crippen molar-refractivity contribution in [3.05, 3.63) is 29.1 Å². The van der Waals surface area contributed by atoms with Crippen molar-refractivity contribution in [3.8, 4) is 0 Å². The van der Waals surface area contributed by atoms with Crippen molar-refractivity contribution < 1.29 is 22.7 Å². The fourth-order valence-corrected chi connectivity index (χ4v) is 1.11. The molecule has 0 bridgehead atoms. The molecular formula is C8H7F4NO. The predicted octanol–water partition coefficient (Wildman–Crippen LogP) is 1.92. The highest BCUT2D eigenvalue weighted by Crippen LogP contribution is 2.37. The van der Waals surface area contributed by atoms with Gasteiger partial charge in [-0.25, -0.2) is 4.39 Å². The van der Waals surface area contributed by atoms with Gasteiger partial charge in [-0.05, 0) is 11.6 Å². The van der Waals surface area contributed by atoms with Crippen LogP contribution in [0.3, 0.4) is 0 Å². The first-order valence-corrected chi connectivity index (χ1v) is 3.63. The number of benzene rings is 1. The number of nitrogens with two attached hydrogens (primary N) is 1. The van der Waals surface area contributed by atoms with Gasteiger partial charge in [0.25, 0.3) is 0 Å². The number of anilines is 1. The van der Waals surface area contributed by atoms with Crippen LogP contribution in [0.15, 0.2) is 12.1 Å². The Morgan fingerprint density at radius 3 is 2.29 bits per heavy atom. The lowest BCUT2D eigenvalue weighted by molar-refractivity contribution is -0.138. The second kappa shape index (κ2) is 3.45. The summed E-state index contributed by atoms with van der Waals surface area (Å²) in [4.78, 5) is 0. The Morgan fingerprint density at radius 1 is 1.29 bits per heavy atom. The number of nitrogen functional groups attached to an aromatic ring is 1. The van der Waals surface area contributed by atoms with Crippen LogP contribution in [0.5, 0.6) is 0 Å². The van der Waals surface area contributed by atoms with Crippen LogP contribution < -0.4 is 5.73 Å². The van der Waals surface area contributed by atoms with Crippen LogP contribution in [-0.2, 0) is 12.8 Å². The number of aliphatic hydroxyl groups is 1. The van der Waals surface area contributed by atoms with Gasteiger partial charge in [-0.3, -0.25) is 0 Å². The average molecular weight is 209 g/mol. The van der Waals surface area contributed by atoms with Crippen molar-refractivity contribution >= 4 is 5.69 Å². The van der Waals surface area contributed by atoms with Crippen molar-refractivity contribution in [3.63, 3.8) is 0 Å². The molecule has 0 fully saturated rings. The number of hydrogen-bond donors (Lipinski definition) is 2. The molecule has 78 valence electrons. The summed E-state index contributed by atoms with van der Waals surface area (Å²) in [6.07, 6.45) is -4.76. The Kier molecular flexibility index (Phi) is 2.66. The summed E-state index contributed by atoms with van der Waals surface area (Å²) in [7, 11) is 0. The third-order valence-electron chi connectivity index (χ3n) is 1.73. The van der Waals surface area contributed by atoms with E-state index in [-0.39, 0.29) is 0 Å². The molecule has 0 atom stereocenters. The van der Waals surface area contributed by atoms with E-state index in [2.05, 4.69) is 0 Å². The van der Waals surface area contributed by atoms with Crippen molar-refractivity contribution in [1.29, 1.82) is 0 Å². The van der Waals surface area contributed by atoms with Crippen molar-refractivity contribution in [2.45, 2.75) is 12.8 Å². The SMILES string of the molecule is Nc1c(F)ccc(CO)c1C(F)(F)F. The lowest BCUT2D eigenvalue weighted by atomic mass is 10.1. The fourth-order valence-electron chi connectivity index (χ4n) is 1.11. The number of rotatable bonds is 1. The summed E-state index contributed by atoms with van der Waals surface area (Å²) in [6.45, 7) is -0.834. The van der Waals surface area contributed by atoms with E-state index in [0.29, 0.717) is 0 Å². The smallest absolute Gasteiger partial charge is 0.396 e. The zero-order valence-corrected chi connectivity index (χ0v) is 6.90. The monoisotopic (exact) mass is 209 g/mol. The molecule has 1 aromatic carbocycles. The van der Waals surface area contributed by atoms with Gasteiger partial charge in [-0.2, -0.15) is 13.2 Å². The molecule has 1 rings (SSSR count). The lowest BCUT2D eigenvalue weighted by Crippen LogP contribution is -2.14. The first-order chi connectivity index (χ1) is 6.38. The van der Waals surface area contributed by atoms with E-state index in [1.54, 1.807) is 0 Å². The number of hydrogen-bond acceptors (Lipinski definition) is 2. The predicted molar refractivity (Wildman–Crippen MR) is 41.7 cm³/mol. The molecule has 0 saturated carbocycles. The molecule has 0 radical (unpaired) electrons. The van der Waals surface area contributed by atoms with Gasteiger partial charge in [-0.15, -0.1) is 0 Å². The zero-order valence-electron chi connectivity index (χ0n) is 6.90. The number of halogens is 4. The molecule has 0 aliphatic rings. The van der Waals surface area contributed by atoms with E-state index < -0.39 is 35.4 Å². The summed E-state index contributed by atoms with van der Waals surface area (Å²) >= 11 is 0. The third kappa shape index (κ3) is 1.79. The maximum absolute atomic E-state index is 12.7. The van der Waals surface area contributed by atoms with E-state index >= 15 is 0 Å². The van der Waals surface area contributed by atoms with E-state index in [0.717, 1.165) is 12.1 Å². The Labute approximate surface area is 77.0 Å². The van der Waals surface area contributed by atoms with Gasteiger partial charge in [-0.1, -0.05) is 6.07 Å². The normalized spacial score (nSPS) is 11.8. The number of alkyl halides is 3. The first kappa shape index (κ1) is 10.8.